The predicted octanol–water partition coefficient (Wildman–Crippen LogP) is 5.29. The van der Waals surface area contributed by atoms with Gasteiger partial charge in [0.25, 0.3) is 10.0 Å². The van der Waals surface area contributed by atoms with E-state index in [1.165, 1.54) is 5.56 Å². The molecule has 0 saturated carbocycles. The Labute approximate surface area is 161 Å². The molecule has 0 saturated heterocycles. The van der Waals surface area contributed by atoms with Crippen molar-refractivity contribution < 1.29 is 8.42 Å². The lowest BCUT2D eigenvalue weighted by Crippen LogP contribution is -2.14. The Balaban J connectivity index is 1.93. The number of benzene rings is 2. The van der Waals surface area contributed by atoms with Gasteiger partial charge in [-0.3, -0.25) is 4.72 Å². The van der Waals surface area contributed by atoms with Crippen LogP contribution in [-0.2, 0) is 10.0 Å². The van der Waals surface area contributed by atoms with Gasteiger partial charge in [0.15, 0.2) is 0 Å². The van der Waals surface area contributed by atoms with Crippen LogP contribution in [0.2, 0.25) is 0 Å². The van der Waals surface area contributed by atoms with Crippen molar-refractivity contribution in [2.24, 2.45) is 0 Å². The van der Waals surface area contributed by atoms with Crippen LogP contribution < -0.4 is 4.72 Å². The smallest absolute Gasteiger partial charge is 0.263 e. The van der Waals surface area contributed by atoms with Crippen LogP contribution in [0.3, 0.4) is 0 Å². The molecule has 4 nitrogen and oxygen atoms in total. The normalized spacial score (nSPS) is 11.6. The van der Waals surface area contributed by atoms with Crippen LogP contribution in [0.15, 0.2) is 65.6 Å². The van der Waals surface area contributed by atoms with E-state index >= 15 is 0 Å². The molecule has 1 heterocycles. The van der Waals surface area contributed by atoms with E-state index in [1.54, 1.807) is 24.3 Å². The zero-order valence-electron chi connectivity index (χ0n) is 16.0. The molecule has 0 bridgehead atoms. The van der Waals surface area contributed by atoms with Gasteiger partial charge in [0.05, 0.1) is 4.90 Å². The van der Waals surface area contributed by atoms with Crippen molar-refractivity contribution in [2.45, 2.75) is 38.5 Å². The van der Waals surface area contributed by atoms with Gasteiger partial charge in [0.1, 0.15) is 5.82 Å². The summed E-state index contributed by atoms with van der Waals surface area (Å²) in [6.07, 6.45) is 0. The Morgan fingerprint density at radius 2 is 1.67 bits per heavy atom. The van der Waals surface area contributed by atoms with E-state index in [1.807, 2.05) is 32.0 Å². The molecular formula is C22H24N2O2S. The van der Waals surface area contributed by atoms with Crippen LogP contribution in [-0.4, -0.2) is 13.4 Å². The third-order valence-electron chi connectivity index (χ3n) is 4.50. The highest BCUT2D eigenvalue weighted by molar-refractivity contribution is 7.92. The third-order valence-corrected chi connectivity index (χ3v) is 5.85. The maximum absolute atomic E-state index is 12.7. The lowest BCUT2D eigenvalue weighted by Gasteiger charge is -2.13. The molecule has 0 aliphatic rings. The minimum absolute atomic E-state index is 0.229. The molecule has 0 aliphatic heterocycles. The molecule has 1 N–H and O–H groups in total. The Hall–Kier alpha value is -2.66. The number of hydrogen-bond acceptors (Lipinski definition) is 3. The molecule has 5 heteroatoms. The van der Waals surface area contributed by atoms with Crippen molar-refractivity contribution in [3.05, 3.63) is 77.5 Å². The largest absolute Gasteiger partial charge is 0.263 e. The van der Waals surface area contributed by atoms with Gasteiger partial charge in [-0.05, 0) is 66.3 Å². The number of nitrogens with zero attached hydrogens (tertiary/aromatic N) is 1. The van der Waals surface area contributed by atoms with Crippen LogP contribution in [0.5, 0.6) is 0 Å². The molecule has 0 aliphatic carbocycles. The van der Waals surface area contributed by atoms with Crippen LogP contribution in [0, 0.1) is 13.8 Å². The molecular weight excluding hydrogens is 356 g/mol. The van der Waals surface area contributed by atoms with Gasteiger partial charge in [-0.25, -0.2) is 13.4 Å². The summed E-state index contributed by atoms with van der Waals surface area (Å²) in [6, 6.07) is 18.8. The van der Waals surface area contributed by atoms with Crippen molar-refractivity contribution in [1.82, 2.24) is 4.98 Å². The number of sulfonamides is 1. The third kappa shape index (κ3) is 4.37. The minimum atomic E-state index is -3.69. The van der Waals surface area contributed by atoms with E-state index in [-0.39, 0.29) is 4.90 Å². The molecule has 27 heavy (non-hydrogen) atoms. The van der Waals surface area contributed by atoms with E-state index in [0.29, 0.717) is 11.7 Å². The highest BCUT2D eigenvalue weighted by Gasteiger charge is 2.16. The fraction of sp³-hybridized carbons (Fsp3) is 0.227. The summed E-state index contributed by atoms with van der Waals surface area (Å²) >= 11 is 0. The number of nitrogens with one attached hydrogen (secondary N) is 1. The zero-order valence-corrected chi connectivity index (χ0v) is 16.8. The van der Waals surface area contributed by atoms with Crippen LogP contribution in [0.25, 0.3) is 11.1 Å². The van der Waals surface area contributed by atoms with Crippen LogP contribution in [0.1, 0.15) is 36.6 Å². The fourth-order valence-corrected chi connectivity index (χ4v) is 4.07. The first-order valence-corrected chi connectivity index (χ1v) is 10.4. The van der Waals surface area contributed by atoms with Gasteiger partial charge in [-0.2, -0.15) is 0 Å². The van der Waals surface area contributed by atoms with E-state index in [0.717, 1.165) is 22.4 Å². The summed E-state index contributed by atoms with van der Waals surface area (Å²) in [5.41, 5.74) is 5.06. The summed E-state index contributed by atoms with van der Waals surface area (Å²) in [4.78, 5) is 4.44. The topological polar surface area (TPSA) is 59.1 Å². The van der Waals surface area contributed by atoms with Gasteiger partial charge in [0, 0.05) is 5.69 Å². The minimum Gasteiger partial charge on any atom is -0.263 e. The highest BCUT2D eigenvalue weighted by atomic mass is 32.2. The molecule has 0 fully saturated rings. The first-order valence-electron chi connectivity index (χ1n) is 8.94. The Bertz CT molecular complexity index is 1070. The predicted molar refractivity (Wildman–Crippen MR) is 110 cm³/mol. The first-order chi connectivity index (χ1) is 12.8. The van der Waals surface area contributed by atoms with Crippen molar-refractivity contribution in [3.8, 4) is 11.1 Å². The summed E-state index contributed by atoms with van der Waals surface area (Å²) in [6.45, 7) is 8.07. The zero-order chi connectivity index (χ0) is 19.6. The van der Waals surface area contributed by atoms with E-state index < -0.39 is 10.0 Å². The molecule has 3 aromatic rings. The summed E-state index contributed by atoms with van der Waals surface area (Å²) < 4.78 is 28.0. The molecule has 1 aromatic heterocycles. The lowest BCUT2D eigenvalue weighted by molar-refractivity contribution is 0.601. The molecule has 0 spiro atoms. The second kappa shape index (κ2) is 7.53. The Morgan fingerprint density at radius 3 is 2.33 bits per heavy atom. The maximum Gasteiger partial charge on any atom is 0.263 e. The van der Waals surface area contributed by atoms with E-state index in [9.17, 15) is 8.42 Å². The van der Waals surface area contributed by atoms with Crippen molar-refractivity contribution in [1.29, 1.82) is 0 Å². The monoisotopic (exact) mass is 380 g/mol. The van der Waals surface area contributed by atoms with Crippen molar-refractivity contribution in [2.75, 3.05) is 4.72 Å². The number of aromatic nitrogens is 1. The Morgan fingerprint density at radius 1 is 0.926 bits per heavy atom. The number of hydrogen-bond donors (Lipinski definition) is 1. The maximum atomic E-state index is 12.7. The molecule has 140 valence electrons. The number of pyridine rings is 1. The van der Waals surface area contributed by atoms with Crippen molar-refractivity contribution >= 4 is 15.8 Å². The fourth-order valence-electron chi connectivity index (χ4n) is 2.99. The average molecular weight is 381 g/mol. The SMILES string of the molecule is Cc1cccc(NS(=O)(=O)c2ccc(-c3cccc(C(C)C)c3)c(C)c2)n1. The van der Waals surface area contributed by atoms with Crippen LogP contribution in [0.4, 0.5) is 5.82 Å². The van der Waals surface area contributed by atoms with E-state index in [2.05, 4.69) is 41.8 Å². The number of aryl methyl sites for hydroxylation is 2. The van der Waals surface area contributed by atoms with Crippen molar-refractivity contribution in [3.63, 3.8) is 0 Å². The molecule has 0 radical (unpaired) electrons. The van der Waals surface area contributed by atoms with Gasteiger partial charge in [0.2, 0.25) is 0 Å². The average Bonchev–Trinajstić information content (AvgIpc) is 2.61. The number of anilines is 1. The second-order valence-corrected chi connectivity index (χ2v) is 8.71. The molecule has 3 rings (SSSR count). The quantitative estimate of drug-likeness (QED) is 0.654. The standard InChI is InChI=1S/C22H24N2O2S/c1-15(2)18-8-6-9-19(14-18)21-12-11-20(13-16(21)3)27(25,26)24-22-10-5-7-17(4)23-22/h5-15H,1-4H3,(H,23,24). The van der Waals surface area contributed by atoms with Gasteiger partial charge in [-0.15, -0.1) is 0 Å². The highest BCUT2D eigenvalue weighted by Crippen LogP contribution is 2.28. The summed E-state index contributed by atoms with van der Waals surface area (Å²) in [7, 11) is -3.69. The Kier molecular flexibility index (Phi) is 5.33. The van der Waals surface area contributed by atoms with E-state index in [4.69, 9.17) is 0 Å². The van der Waals surface area contributed by atoms with Gasteiger partial charge in [-0.1, -0.05) is 50.2 Å². The summed E-state index contributed by atoms with van der Waals surface area (Å²) in [5.74, 6) is 0.761. The molecule has 2 aromatic carbocycles. The first kappa shape index (κ1) is 19.1. The van der Waals surface area contributed by atoms with Gasteiger partial charge >= 0.3 is 0 Å². The lowest BCUT2D eigenvalue weighted by atomic mass is 9.95. The molecule has 0 amide bonds. The van der Waals surface area contributed by atoms with Gasteiger partial charge < -0.3 is 0 Å². The molecule has 0 atom stereocenters. The molecule has 0 unspecified atom stereocenters. The second-order valence-electron chi connectivity index (χ2n) is 7.03. The summed E-state index contributed by atoms with van der Waals surface area (Å²) in [5, 5.41) is 0. The van der Waals surface area contributed by atoms with Crippen LogP contribution >= 0.6 is 0 Å². The number of rotatable bonds is 5.